The zero-order valence-electron chi connectivity index (χ0n) is 11.6. The Labute approximate surface area is 114 Å². The first-order chi connectivity index (χ1) is 9.20. The van der Waals surface area contributed by atoms with Crippen molar-refractivity contribution in [1.29, 1.82) is 0 Å². The molecule has 0 heterocycles. The molecule has 0 unspecified atom stereocenters. The SMILES string of the molecule is CCCCCOCc1cccc([N+](=O)[O-])c1NCC. The molecule has 1 N–H and O–H groups in total. The van der Waals surface area contributed by atoms with Gasteiger partial charge in [0.25, 0.3) is 5.69 Å². The topological polar surface area (TPSA) is 64.4 Å². The summed E-state index contributed by atoms with van der Waals surface area (Å²) in [6.45, 7) is 5.82. The molecule has 5 heteroatoms. The van der Waals surface area contributed by atoms with Gasteiger partial charge in [-0.3, -0.25) is 10.1 Å². The smallest absolute Gasteiger partial charge is 0.292 e. The van der Waals surface area contributed by atoms with Crippen molar-refractivity contribution >= 4 is 11.4 Å². The third-order valence-electron chi connectivity index (χ3n) is 2.83. The van der Waals surface area contributed by atoms with E-state index >= 15 is 0 Å². The Morgan fingerprint density at radius 3 is 2.74 bits per heavy atom. The number of benzene rings is 1. The van der Waals surface area contributed by atoms with Gasteiger partial charge in [0.2, 0.25) is 0 Å². The fraction of sp³-hybridized carbons (Fsp3) is 0.571. The number of nitro groups is 1. The first-order valence-electron chi connectivity index (χ1n) is 6.78. The molecule has 0 atom stereocenters. The van der Waals surface area contributed by atoms with Crippen LogP contribution in [-0.2, 0) is 11.3 Å². The van der Waals surface area contributed by atoms with E-state index in [0.29, 0.717) is 25.4 Å². The van der Waals surface area contributed by atoms with Crippen LogP contribution in [0.15, 0.2) is 18.2 Å². The maximum atomic E-state index is 11.0. The molecule has 19 heavy (non-hydrogen) atoms. The molecule has 0 aliphatic rings. The summed E-state index contributed by atoms with van der Waals surface area (Å²) in [5, 5.41) is 14.0. The highest BCUT2D eigenvalue weighted by atomic mass is 16.6. The Morgan fingerprint density at radius 2 is 2.11 bits per heavy atom. The Morgan fingerprint density at radius 1 is 1.32 bits per heavy atom. The Hall–Kier alpha value is -1.62. The van der Waals surface area contributed by atoms with Gasteiger partial charge in [0.1, 0.15) is 5.69 Å². The van der Waals surface area contributed by atoms with Crippen molar-refractivity contribution < 1.29 is 9.66 Å². The first kappa shape index (κ1) is 15.4. The van der Waals surface area contributed by atoms with Crippen LogP contribution in [0.25, 0.3) is 0 Å². The lowest BCUT2D eigenvalue weighted by atomic mass is 10.1. The summed E-state index contributed by atoms with van der Waals surface area (Å²) in [6, 6.07) is 5.08. The van der Waals surface area contributed by atoms with E-state index in [4.69, 9.17) is 4.74 Å². The Bertz CT molecular complexity index is 408. The molecule has 0 aromatic heterocycles. The second kappa shape index (κ2) is 8.48. The molecule has 5 nitrogen and oxygen atoms in total. The molecule has 0 saturated carbocycles. The minimum atomic E-state index is -0.363. The summed E-state index contributed by atoms with van der Waals surface area (Å²) < 4.78 is 5.58. The van der Waals surface area contributed by atoms with Crippen LogP contribution in [0.3, 0.4) is 0 Å². The maximum Gasteiger partial charge on any atom is 0.292 e. The second-order valence-electron chi connectivity index (χ2n) is 4.36. The van der Waals surface area contributed by atoms with Crippen molar-refractivity contribution in [2.75, 3.05) is 18.5 Å². The van der Waals surface area contributed by atoms with Gasteiger partial charge in [-0.15, -0.1) is 0 Å². The maximum absolute atomic E-state index is 11.0. The molecule has 0 saturated heterocycles. The van der Waals surface area contributed by atoms with Crippen LogP contribution in [0.1, 0.15) is 38.7 Å². The predicted octanol–water partition coefficient (Wildman–Crippen LogP) is 3.73. The highest BCUT2D eigenvalue weighted by Gasteiger charge is 2.16. The van der Waals surface area contributed by atoms with E-state index in [-0.39, 0.29) is 10.6 Å². The van der Waals surface area contributed by atoms with Crippen molar-refractivity contribution in [3.05, 3.63) is 33.9 Å². The molecule has 1 aromatic rings. The van der Waals surface area contributed by atoms with Crippen molar-refractivity contribution in [1.82, 2.24) is 0 Å². The van der Waals surface area contributed by atoms with Crippen molar-refractivity contribution in [3.8, 4) is 0 Å². The van der Waals surface area contributed by atoms with Crippen LogP contribution in [0.5, 0.6) is 0 Å². The molecular weight excluding hydrogens is 244 g/mol. The average molecular weight is 266 g/mol. The molecule has 1 aromatic carbocycles. The number of para-hydroxylation sites is 1. The summed E-state index contributed by atoms with van der Waals surface area (Å²) in [4.78, 5) is 10.6. The summed E-state index contributed by atoms with van der Waals surface area (Å²) >= 11 is 0. The molecule has 1 rings (SSSR count). The normalized spacial score (nSPS) is 10.4. The number of ether oxygens (including phenoxy) is 1. The number of hydrogen-bond donors (Lipinski definition) is 1. The van der Waals surface area contributed by atoms with Crippen LogP contribution < -0.4 is 5.32 Å². The van der Waals surface area contributed by atoms with Crippen molar-refractivity contribution in [2.24, 2.45) is 0 Å². The van der Waals surface area contributed by atoms with Crippen LogP contribution in [-0.4, -0.2) is 18.1 Å². The fourth-order valence-corrected chi connectivity index (χ4v) is 1.88. The number of hydrogen-bond acceptors (Lipinski definition) is 4. The average Bonchev–Trinajstić information content (AvgIpc) is 2.40. The van der Waals surface area contributed by atoms with E-state index in [0.717, 1.165) is 24.8 Å². The Balaban J connectivity index is 2.70. The van der Waals surface area contributed by atoms with Gasteiger partial charge >= 0.3 is 0 Å². The van der Waals surface area contributed by atoms with Crippen LogP contribution in [0.2, 0.25) is 0 Å². The first-order valence-corrected chi connectivity index (χ1v) is 6.78. The number of nitro benzene ring substituents is 1. The zero-order chi connectivity index (χ0) is 14.1. The summed E-state index contributed by atoms with van der Waals surface area (Å²) in [5.41, 5.74) is 1.52. The molecule has 0 amide bonds. The molecule has 0 radical (unpaired) electrons. The number of anilines is 1. The lowest BCUT2D eigenvalue weighted by Gasteiger charge is -2.11. The monoisotopic (exact) mass is 266 g/mol. The molecule has 0 fully saturated rings. The lowest BCUT2D eigenvalue weighted by molar-refractivity contribution is -0.384. The molecule has 106 valence electrons. The predicted molar refractivity (Wildman–Crippen MR) is 76.4 cm³/mol. The van der Waals surface area contributed by atoms with Gasteiger partial charge in [-0.25, -0.2) is 0 Å². The lowest BCUT2D eigenvalue weighted by Crippen LogP contribution is -2.06. The van der Waals surface area contributed by atoms with E-state index in [1.807, 2.05) is 13.0 Å². The third-order valence-corrected chi connectivity index (χ3v) is 2.83. The Kier molecular flexibility index (Phi) is 6.89. The highest BCUT2D eigenvalue weighted by molar-refractivity contribution is 5.66. The van der Waals surface area contributed by atoms with Crippen LogP contribution in [0, 0.1) is 10.1 Å². The highest BCUT2D eigenvalue weighted by Crippen LogP contribution is 2.28. The van der Waals surface area contributed by atoms with Gasteiger partial charge in [0.15, 0.2) is 0 Å². The number of nitrogens with one attached hydrogen (secondary N) is 1. The summed E-state index contributed by atoms with van der Waals surface area (Å²) in [6.07, 6.45) is 3.33. The van der Waals surface area contributed by atoms with Gasteiger partial charge in [0.05, 0.1) is 11.5 Å². The van der Waals surface area contributed by atoms with Gasteiger partial charge in [-0.05, 0) is 13.3 Å². The minimum absolute atomic E-state index is 0.108. The quantitative estimate of drug-likeness (QED) is 0.420. The molecule has 0 aliphatic heterocycles. The summed E-state index contributed by atoms with van der Waals surface area (Å²) in [5.74, 6) is 0. The molecule has 0 bridgehead atoms. The van der Waals surface area contributed by atoms with Crippen LogP contribution in [0.4, 0.5) is 11.4 Å². The van der Waals surface area contributed by atoms with Gasteiger partial charge < -0.3 is 10.1 Å². The van der Waals surface area contributed by atoms with Gasteiger partial charge in [-0.1, -0.05) is 31.9 Å². The standard InChI is InChI=1S/C14H22N2O3/c1-3-5-6-10-19-11-12-8-7-9-13(16(17)18)14(12)15-4-2/h7-9,15H,3-6,10-11H2,1-2H3. The molecule has 0 aliphatic carbocycles. The van der Waals surface area contributed by atoms with Crippen molar-refractivity contribution in [2.45, 2.75) is 39.7 Å². The largest absolute Gasteiger partial charge is 0.379 e. The van der Waals surface area contributed by atoms with E-state index in [9.17, 15) is 10.1 Å². The number of nitrogens with zero attached hydrogens (tertiary/aromatic N) is 1. The summed E-state index contributed by atoms with van der Waals surface area (Å²) in [7, 11) is 0. The van der Waals surface area contributed by atoms with E-state index in [1.165, 1.54) is 6.07 Å². The molecular formula is C14H22N2O3. The third kappa shape index (κ3) is 4.87. The second-order valence-corrected chi connectivity index (χ2v) is 4.36. The fourth-order valence-electron chi connectivity index (χ4n) is 1.88. The number of rotatable bonds is 9. The van der Waals surface area contributed by atoms with E-state index in [2.05, 4.69) is 12.2 Å². The molecule has 0 spiro atoms. The van der Waals surface area contributed by atoms with Crippen molar-refractivity contribution in [3.63, 3.8) is 0 Å². The number of unbranched alkanes of at least 4 members (excludes halogenated alkanes) is 2. The van der Waals surface area contributed by atoms with Gasteiger partial charge in [0, 0.05) is 24.8 Å². The van der Waals surface area contributed by atoms with Gasteiger partial charge in [-0.2, -0.15) is 0 Å². The minimum Gasteiger partial charge on any atom is -0.379 e. The zero-order valence-corrected chi connectivity index (χ0v) is 11.6. The van der Waals surface area contributed by atoms with Crippen LogP contribution >= 0.6 is 0 Å². The van der Waals surface area contributed by atoms with E-state index in [1.54, 1.807) is 6.07 Å². The van der Waals surface area contributed by atoms with E-state index < -0.39 is 0 Å².